The van der Waals surface area contributed by atoms with E-state index in [0.29, 0.717) is 0 Å². The van der Waals surface area contributed by atoms with Crippen LogP contribution in [0.4, 0.5) is 5.82 Å². The Labute approximate surface area is 110 Å². The molecule has 6 nitrogen and oxygen atoms in total. The highest BCUT2D eigenvalue weighted by Gasteiger charge is 2.39. The quantitative estimate of drug-likeness (QED) is 0.745. The third-order valence-electron chi connectivity index (χ3n) is 2.45. The molecule has 2 aromatic heterocycles. The van der Waals surface area contributed by atoms with Gasteiger partial charge in [-0.2, -0.15) is 0 Å². The number of fused-ring (bicyclic) bond motifs is 1. The summed E-state index contributed by atoms with van der Waals surface area (Å²) in [4.78, 5) is 36.8. The van der Waals surface area contributed by atoms with Gasteiger partial charge in [-0.25, -0.2) is 19.9 Å². The van der Waals surface area contributed by atoms with Crippen LogP contribution in [-0.2, 0) is 0 Å². The van der Waals surface area contributed by atoms with E-state index in [1.165, 1.54) is 18.6 Å². The molecule has 0 spiro atoms. The third kappa shape index (κ3) is 1.52. The lowest BCUT2D eigenvalue weighted by Crippen LogP contribution is -2.30. The molecule has 1 aliphatic heterocycles. The van der Waals surface area contributed by atoms with E-state index in [2.05, 4.69) is 30.9 Å². The Morgan fingerprint density at radius 1 is 0.944 bits per heavy atom. The van der Waals surface area contributed by atoms with Crippen LogP contribution in [0.2, 0.25) is 0 Å². The van der Waals surface area contributed by atoms with Crippen molar-refractivity contribution in [3.63, 3.8) is 0 Å². The first kappa shape index (κ1) is 11.0. The van der Waals surface area contributed by atoms with Gasteiger partial charge in [0.25, 0.3) is 11.8 Å². The number of amides is 2. The minimum absolute atomic E-state index is 0.0622. The number of carbonyl (C=O) groups is 2. The van der Waals surface area contributed by atoms with Gasteiger partial charge in [0, 0.05) is 23.1 Å². The molecule has 0 N–H and O–H groups in total. The van der Waals surface area contributed by atoms with Crippen LogP contribution in [-0.4, -0.2) is 26.8 Å². The molecule has 0 saturated carbocycles. The van der Waals surface area contributed by atoms with Gasteiger partial charge in [0.2, 0.25) is 0 Å². The van der Waals surface area contributed by atoms with Crippen LogP contribution in [0.15, 0.2) is 35.2 Å². The van der Waals surface area contributed by atoms with Crippen LogP contribution in [0.3, 0.4) is 0 Å². The number of hydrogen-bond donors (Lipinski definition) is 0. The maximum Gasteiger partial charge on any atom is 0.287 e. The zero-order valence-corrected chi connectivity index (χ0v) is 10.5. The summed E-state index contributed by atoms with van der Waals surface area (Å²) in [5.41, 5.74) is 0.124. The first-order valence-electron chi connectivity index (χ1n) is 5.00. The molecule has 7 heteroatoms. The van der Waals surface area contributed by atoms with Crippen molar-refractivity contribution in [2.45, 2.75) is 0 Å². The van der Waals surface area contributed by atoms with Crippen LogP contribution in [0.1, 0.15) is 21.0 Å². The number of nitrogens with zero attached hydrogens (tertiary/aromatic N) is 4. The van der Waals surface area contributed by atoms with Gasteiger partial charge in [0.1, 0.15) is 5.82 Å². The summed E-state index contributed by atoms with van der Waals surface area (Å²) in [6.07, 6.45) is 4.27. The molecule has 0 aromatic carbocycles. The van der Waals surface area contributed by atoms with Crippen molar-refractivity contribution in [1.29, 1.82) is 0 Å². The second-order valence-corrected chi connectivity index (χ2v) is 4.45. The van der Waals surface area contributed by atoms with Crippen molar-refractivity contribution in [3.05, 3.63) is 46.6 Å². The van der Waals surface area contributed by atoms with Crippen LogP contribution in [0.25, 0.3) is 0 Å². The van der Waals surface area contributed by atoms with E-state index >= 15 is 0 Å². The molecule has 18 heavy (non-hydrogen) atoms. The van der Waals surface area contributed by atoms with E-state index in [-0.39, 0.29) is 17.2 Å². The summed E-state index contributed by atoms with van der Waals surface area (Å²) in [6.45, 7) is 0. The Morgan fingerprint density at radius 3 is 2.06 bits per heavy atom. The fraction of sp³-hybridized carbons (Fsp3) is 0. The smallest absolute Gasteiger partial charge is 0.266 e. The van der Waals surface area contributed by atoms with Crippen LogP contribution in [0.5, 0.6) is 0 Å². The van der Waals surface area contributed by atoms with Gasteiger partial charge in [-0.05, 0) is 28.1 Å². The first-order chi connectivity index (χ1) is 8.68. The minimum atomic E-state index is -0.502. The molecule has 0 aliphatic carbocycles. The molecule has 3 rings (SSSR count). The van der Waals surface area contributed by atoms with E-state index < -0.39 is 11.8 Å². The Balaban J connectivity index is 2.09. The number of pyridine rings is 1. The highest BCUT2D eigenvalue weighted by Crippen LogP contribution is 2.24. The van der Waals surface area contributed by atoms with Gasteiger partial charge >= 0.3 is 0 Å². The lowest BCUT2D eigenvalue weighted by Gasteiger charge is -2.11. The second-order valence-electron chi connectivity index (χ2n) is 3.53. The van der Waals surface area contributed by atoms with E-state index in [1.807, 2.05) is 0 Å². The lowest BCUT2D eigenvalue weighted by molar-refractivity contribution is 0.0922. The molecule has 0 saturated heterocycles. The average molecular weight is 305 g/mol. The molecule has 88 valence electrons. The highest BCUT2D eigenvalue weighted by atomic mass is 79.9. The summed E-state index contributed by atoms with van der Waals surface area (Å²) < 4.78 is 0.763. The highest BCUT2D eigenvalue weighted by molar-refractivity contribution is 9.10. The summed E-state index contributed by atoms with van der Waals surface area (Å²) in [6, 6.07) is 3.28. The standard InChI is InChI=1S/C11H5BrN4O2/c12-6-1-2-7(15-5-6)16-10(17)8-9(11(16)18)14-4-3-13-8/h1-5H. The molecule has 0 fully saturated rings. The van der Waals surface area contributed by atoms with E-state index in [9.17, 15) is 9.59 Å². The molecule has 0 bridgehead atoms. The van der Waals surface area contributed by atoms with Gasteiger partial charge in [-0.1, -0.05) is 0 Å². The Morgan fingerprint density at radius 2 is 1.56 bits per heavy atom. The Kier molecular flexibility index (Phi) is 2.41. The molecule has 0 atom stereocenters. The van der Waals surface area contributed by atoms with Crippen molar-refractivity contribution in [2.24, 2.45) is 0 Å². The molecular weight excluding hydrogens is 300 g/mol. The molecule has 3 heterocycles. The van der Waals surface area contributed by atoms with Crippen LogP contribution >= 0.6 is 15.9 Å². The normalized spacial score (nSPS) is 13.9. The predicted molar refractivity (Wildman–Crippen MR) is 65.1 cm³/mol. The molecule has 0 radical (unpaired) electrons. The molecular formula is C11H5BrN4O2. The summed E-state index contributed by atoms with van der Waals surface area (Å²) >= 11 is 3.24. The SMILES string of the molecule is O=C1c2nccnc2C(=O)N1c1ccc(Br)cn1. The fourth-order valence-electron chi connectivity index (χ4n) is 1.66. The van der Waals surface area contributed by atoms with Gasteiger partial charge < -0.3 is 0 Å². The largest absolute Gasteiger partial charge is 0.287 e. The number of carbonyl (C=O) groups excluding carboxylic acids is 2. The molecule has 0 unspecified atom stereocenters. The topological polar surface area (TPSA) is 76.1 Å². The number of halogens is 1. The van der Waals surface area contributed by atoms with E-state index in [4.69, 9.17) is 0 Å². The summed E-state index contributed by atoms with van der Waals surface area (Å²) in [7, 11) is 0. The van der Waals surface area contributed by atoms with Gasteiger partial charge in [-0.3, -0.25) is 9.59 Å². The zero-order valence-electron chi connectivity index (χ0n) is 8.87. The summed E-state index contributed by atoms with van der Waals surface area (Å²) in [5, 5.41) is 0. The fourth-order valence-corrected chi connectivity index (χ4v) is 1.90. The first-order valence-corrected chi connectivity index (χ1v) is 5.79. The van der Waals surface area contributed by atoms with Crippen molar-refractivity contribution in [3.8, 4) is 0 Å². The number of rotatable bonds is 1. The van der Waals surface area contributed by atoms with Crippen molar-refractivity contribution >= 4 is 33.6 Å². The molecule has 2 aromatic rings. The number of hydrogen-bond acceptors (Lipinski definition) is 5. The summed E-state index contributed by atoms with van der Waals surface area (Å²) in [5.74, 6) is -0.746. The minimum Gasteiger partial charge on any atom is -0.266 e. The van der Waals surface area contributed by atoms with Crippen LogP contribution < -0.4 is 4.90 Å². The molecule has 1 aliphatic rings. The van der Waals surface area contributed by atoms with Crippen molar-refractivity contribution < 1.29 is 9.59 Å². The lowest BCUT2D eigenvalue weighted by atomic mass is 10.3. The zero-order chi connectivity index (χ0) is 12.7. The van der Waals surface area contributed by atoms with Gasteiger partial charge in [0.05, 0.1) is 0 Å². The monoisotopic (exact) mass is 304 g/mol. The Hall–Kier alpha value is -2.15. The number of anilines is 1. The van der Waals surface area contributed by atoms with Crippen molar-refractivity contribution in [2.75, 3.05) is 4.90 Å². The van der Waals surface area contributed by atoms with E-state index in [0.717, 1.165) is 9.37 Å². The predicted octanol–water partition coefficient (Wildman–Crippen LogP) is 1.43. The van der Waals surface area contributed by atoms with Crippen molar-refractivity contribution in [1.82, 2.24) is 15.0 Å². The maximum absolute atomic E-state index is 12.0. The number of aromatic nitrogens is 3. The van der Waals surface area contributed by atoms with Crippen LogP contribution in [0, 0.1) is 0 Å². The van der Waals surface area contributed by atoms with E-state index in [1.54, 1.807) is 12.1 Å². The Bertz CT molecular complexity index is 621. The third-order valence-corrected chi connectivity index (χ3v) is 2.92. The second kappa shape index (κ2) is 3.95. The number of imide groups is 1. The molecule has 2 amide bonds. The maximum atomic E-state index is 12.0. The van der Waals surface area contributed by atoms with Gasteiger partial charge in [0.15, 0.2) is 11.4 Å². The average Bonchev–Trinajstić information content (AvgIpc) is 2.64. The van der Waals surface area contributed by atoms with Gasteiger partial charge in [-0.15, -0.1) is 0 Å².